The Hall–Kier alpha value is -2.95. The highest BCUT2D eigenvalue weighted by Gasteiger charge is 2.01. The Balaban J connectivity index is 1.81. The Bertz CT molecular complexity index is 739. The van der Waals surface area contributed by atoms with Crippen LogP contribution in [0.5, 0.6) is 0 Å². The maximum absolute atomic E-state index is 13.0. The topological polar surface area (TPSA) is 58.2 Å². The molecule has 0 saturated heterocycles. The molecule has 0 radical (unpaired) electrons. The maximum Gasteiger partial charge on any atom is 0.251 e. The molecule has 0 atom stereocenters. The van der Waals surface area contributed by atoms with Gasteiger partial charge >= 0.3 is 0 Å². The Morgan fingerprint density at radius 3 is 2.54 bits per heavy atom. The Labute approximate surface area is 140 Å². The van der Waals surface area contributed by atoms with Crippen molar-refractivity contribution in [3.63, 3.8) is 0 Å². The van der Waals surface area contributed by atoms with Gasteiger partial charge in [0, 0.05) is 25.2 Å². The molecule has 24 heavy (non-hydrogen) atoms. The fourth-order valence-corrected chi connectivity index (χ4v) is 2.14. The van der Waals surface area contributed by atoms with Gasteiger partial charge in [-0.15, -0.1) is 0 Å². The van der Waals surface area contributed by atoms with E-state index in [0.717, 1.165) is 11.1 Å². The van der Waals surface area contributed by atoms with Crippen molar-refractivity contribution in [3.8, 4) is 0 Å². The second kappa shape index (κ2) is 8.62. The van der Waals surface area contributed by atoms with E-state index in [-0.39, 0.29) is 17.6 Å². The summed E-state index contributed by atoms with van der Waals surface area (Å²) in [6.07, 6.45) is 3.67. The Morgan fingerprint density at radius 1 is 1.12 bits per heavy atom. The first kappa shape index (κ1) is 17.4. The largest absolute Gasteiger partial charge is 0.355 e. The Morgan fingerprint density at radius 2 is 1.88 bits per heavy atom. The first-order chi connectivity index (χ1) is 11.6. The summed E-state index contributed by atoms with van der Waals surface area (Å²) in [5, 5.41) is 5.29. The highest BCUT2D eigenvalue weighted by atomic mass is 19.1. The van der Waals surface area contributed by atoms with Crippen molar-refractivity contribution in [2.45, 2.75) is 6.42 Å². The predicted octanol–water partition coefficient (Wildman–Crippen LogP) is 2.56. The fourth-order valence-electron chi connectivity index (χ4n) is 2.14. The van der Waals surface area contributed by atoms with E-state index in [1.165, 1.54) is 18.2 Å². The van der Waals surface area contributed by atoms with E-state index in [1.807, 2.05) is 6.07 Å². The van der Waals surface area contributed by atoms with Crippen LogP contribution in [0.4, 0.5) is 4.39 Å². The molecule has 0 fully saturated rings. The van der Waals surface area contributed by atoms with Gasteiger partial charge < -0.3 is 10.6 Å². The molecule has 0 bridgehead atoms. The minimum absolute atomic E-state index is 0.152. The van der Waals surface area contributed by atoms with Gasteiger partial charge in [0.05, 0.1) is 0 Å². The van der Waals surface area contributed by atoms with E-state index in [1.54, 1.807) is 43.5 Å². The number of nitrogens with one attached hydrogen (secondary N) is 2. The molecule has 0 aliphatic rings. The summed E-state index contributed by atoms with van der Waals surface area (Å²) in [6, 6.07) is 13.2. The molecular formula is C19H19FN2O2. The number of hydrogen-bond donors (Lipinski definition) is 2. The lowest BCUT2D eigenvalue weighted by atomic mass is 10.1. The molecule has 124 valence electrons. The summed E-state index contributed by atoms with van der Waals surface area (Å²) >= 11 is 0. The fraction of sp³-hybridized carbons (Fsp3) is 0.158. The summed E-state index contributed by atoms with van der Waals surface area (Å²) in [5.41, 5.74) is 2.22. The molecule has 0 aromatic heterocycles. The van der Waals surface area contributed by atoms with E-state index < -0.39 is 0 Å². The first-order valence-electron chi connectivity index (χ1n) is 7.61. The first-order valence-corrected chi connectivity index (χ1v) is 7.61. The van der Waals surface area contributed by atoms with Gasteiger partial charge in [-0.1, -0.05) is 24.3 Å². The lowest BCUT2D eigenvalue weighted by Crippen LogP contribution is -2.23. The smallest absolute Gasteiger partial charge is 0.251 e. The van der Waals surface area contributed by atoms with Crippen molar-refractivity contribution in [3.05, 3.63) is 77.1 Å². The third kappa shape index (κ3) is 5.35. The number of halogens is 1. The van der Waals surface area contributed by atoms with Gasteiger partial charge in [-0.3, -0.25) is 9.59 Å². The van der Waals surface area contributed by atoms with Crippen molar-refractivity contribution in [2.75, 3.05) is 13.6 Å². The zero-order valence-electron chi connectivity index (χ0n) is 13.4. The van der Waals surface area contributed by atoms with Crippen LogP contribution in [0.2, 0.25) is 0 Å². The molecule has 0 heterocycles. The average molecular weight is 326 g/mol. The highest BCUT2D eigenvalue weighted by molar-refractivity contribution is 5.94. The van der Waals surface area contributed by atoms with Crippen LogP contribution in [0, 0.1) is 5.82 Å². The molecular weight excluding hydrogens is 307 g/mol. The summed E-state index contributed by atoms with van der Waals surface area (Å²) in [4.78, 5) is 23.2. The molecule has 2 aromatic carbocycles. The normalized spacial score (nSPS) is 10.6. The number of amides is 2. The molecule has 5 heteroatoms. The zero-order valence-corrected chi connectivity index (χ0v) is 13.4. The van der Waals surface area contributed by atoms with Crippen LogP contribution in [0.15, 0.2) is 54.6 Å². The van der Waals surface area contributed by atoms with Gasteiger partial charge in [-0.05, 0) is 47.9 Å². The molecule has 0 spiro atoms. The third-order valence-electron chi connectivity index (χ3n) is 3.43. The maximum atomic E-state index is 13.0. The third-order valence-corrected chi connectivity index (χ3v) is 3.43. The van der Waals surface area contributed by atoms with Crippen LogP contribution in [0.3, 0.4) is 0 Å². The predicted molar refractivity (Wildman–Crippen MR) is 92.0 cm³/mol. The molecule has 2 amide bonds. The minimum Gasteiger partial charge on any atom is -0.355 e. The SMILES string of the molecule is CNC(=O)c1ccc(/C=C/C(=O)NCCc2cccc(F)c2)cc1. The summed E-state index contributed by atoms with van der Waals surface area (Å²) in [7, 11) is 1.57. The lowest BCUT2D eigenvalue weighted by Gasteiger charge is -2.03. The summed E-state index contributed by atoms with van der Waals surface area (Å²) in [6.45, 7) is 0.433. The number of carbonyl (C=O) groups excluding carboxylic acids is 2. The second-order valence-corrected chi connectivity index (χ2v) is 5.21. The van der Waals surface area contributed by atoms with E-state index in [4.69, 9.17) is 0 Å². The van der Waals surface area contributed by atoms with Gasteiger partial charge in [0.25, 0.3) is 5.91 Å². The molecule has 2 N–H and O–H groups in total. The van der Waals surface area contributed by atoms with E-state index in [0.29, 0.717) is 18.5 Å². The van der Waals surface area contributed by atoms with Crippen molar-refractivity contribution in [2.24, 2.45) is 0 Å². The minimum atomic E-state index is -0.279. The number of carbonyl (C=O) groups is 2. The van der Waals surface area contributed by atoms with E-state index in [9.17, 15) is 14.0 Å². The van der Waals surface area contributed by atoms with Crippen LogP contribution in [-0.2, 0) is 11.2 Å². The highest BCUT2D eigenvalue weighted by Crippen LogP contribution is 2.06. The second-order valence-electron chi connectivity index (χ2n) is 5.21. The summed E-state index contributed by atoms with van der Waals surface area (Å²) in [5.74, 6) is -0.652. The molecule has 4 nitrogen and oxygen atoms in total. The van der Waals surface area contributed by atoms with Crippen molar-refractivity contribution >= 4 is 17.9 Å². The van der Waals surface area contributed by atoms with Crippen LogP contribution in [-0.4, -0.2) is 25.4 Å². The van der Waals surface area contributed by atoms with Crippen molar-refractivity contribution in [1.29, 1.82) is 0 Å². The zero-order chi connectivity index (χ0) is 17.4. The van der Waals surface area contributed by atoms with Crippen LogP contribution in [0.25, 0.3) is 6.08 Å². The number of rotatable bonds is 6. The quantitative estimate of drug-likeness (QED) is 0.802. The van der Waals surface area contributed by atoms with Crippen molar-refractivity contribution < 1.29 is 14.0 Å². The monoisotopic (exact) mass is 326 g/mol. The molecule has 2 rings (SSSR count). The number of hydrogen-bond acceptors (Lipinski definition) is 2. The number of benzene rings is 2. The van der Waals surface area contributed by atoms with Crippen molar-refractivity contribution in [1.82, 2.24) is 10.6 Å². The van der Waals surface area contributed by atoms with E-state index >= 15 is 0 Å². The standard InChI is InChI=1S/C19H19FN2O2/c1-21-19(24)16-8-5-14(6-9-16)7-10-18(23)22-12-11-15-3-2-4-17(20)13-15/h2-10,13H,11-12H2,1H3,(H,21,24)(H,22,23)/b10-7+. The Kier molecular flexibility index (Phi) is 6.25. The summed E-state index contributed by atoms with van der Waals surface area (Å²) < 4.78 is 13.0. The molecule has 0 unspecified atom stereocenters. The van der Waals surface area contributed by atoms with Gasteiger partial charge in [0.15, 0.2) is 0 Å². The molecule has 0 saturated carbocycles. The van der Waals surface area contributed by atoms with Crippen LogP contribution in [0.1, 0.15) is 21.5 Å². The molecule has 0 aliphatic heterocycles. The van der Waals surface area contributed by atoms with E-state index in [2.05, 4.69) is 10.6 Å². The van der Waals surface area contributed by atoms with Crippen LogP contribution < -0.4 is 10.6 Å². The van der Waals surface area contributed by atoms with Gasteiger partial charge in [-0.2, -0.15) is 0 Å². The van der Waals surface area contributed by atoms with Gasteiger partial charge in [-0.25, -0.2) is 4.39 Å². The lowest BCUT2D eigenvalue weighted by molar-refractivity contribution is -0.116. The molecule has 0 aliphatic carbocycles. The van der Waals surface area contributed by atoms with Crippen LogP contribution >= 0.6 is 0 Å². The van der Waals surface area contributed by atoms with Gasteiger partial charge in [0.2, 0.25) is 5.91 Å². The van der Waals surface area contributed by atoms with Gasteiger partial charge in [0.1, 0.15) is 5.82 Å². The molecule has 2 aromatic rings. The average Bonchev–Trinajstić information content (AvgIpc) is 2.60.